The van der Waals surface area contributed by atoms with E-state index in [1.54, 1.807) is 12.1 Å². The summed E-state index contributed by atoms with van der Waals surface area (Å²) in [5.74, 6) is -0.182. The lowest BCUT2D eigenvalue weighted by Crippen LogP contribution is -2.25. The molecule has 1 N–H and O–H groups in total. The number of halogens is 2. The van der Waals surface area contributed by atoms with E-state index in [1.807, 2.05) is 6.07 Å². The zero-order chi connectivity index (χ0) is 13.2. The number of benzene rings is 1. The lowest BCUT2D eigenvalue weighted by molar-refractivity contribution is 0.324. The molecular weight excluding hydrogens is 293 g/mol. The summed E-state index contributed by atoms with van der Waals surface area (Å²) in [6.07, 6.45) is 4.79. The van der Waals surface area contributed by atoms with Gasteiger partial charge in [0.05, 0.1) is 0 Å². The van der Waals surface area contributed by atoms with Gasteiger partial charge >= 0.3 is 0 Å². The van der Waals surface area contributed by atoms with Gasteiger partial charge in [-0.25, -0.2) is 4.39 Å². The van der Waals surface area contributed by atoms with Crippen molar-refractivity contribution in [2.45, 2.75) is 45.6 Å². The first-order valence-electron chi connectivity index (χ1n) is 6.64. The van der Waals surface area contributed by atoms with Crippen LogP contribution in [0.1, 0.15) is 38.7 Å². The molecule has 100 valence electrons. The monoisotopic (exact) mass is 313 g/mol. The molecule has 0 heterocycles. The molecule has 0 aliphatic heterocycles. The minimum Gasteiger partial charge on any atom is -0.314 e. The van der Waals surface area contributed by atoms with Gasteiger partial charge in [-0.05, 0) is 55.3 Å². The van der Waals surface area contributed by atoms with Crippen LogP contribution in [0.2, 0.25) is 0 Å². The summed E-state index contributed by atoms with van der Waals surface area (Å²) in [4.78, 5) is 0. The maximum absolute atomic E-state index is 13.0. The van der Waals surface area contributed by atoms with E-state index >= 15 is 0 Å². The van der Waals surface area contributed by atoms with Crippen LogP contribution >= 0.6 is 15.9 Å². The Morgan fingerprint density at radius 2 is 2.11 bits per heavy atom. The van der Waals surface area contributed by atoms with Crippen LogP contribution in [0.3, 0.4) is 0 Å². The van der Waals surface area contributed by atoms with Crippen LogP contribution in [-0.4, -0.2) is 12.6 Å². The van der Waals surface area contributed by atoms with Gasteiger partial charge in [0.15, 0.2) is 0 Å². The fourth-order valence-corrected chi connectivity index (χ4v) is 2.66. The minimum atomic E-state index is -0.182. The average molecular weight is 314 g/mol. The molecule has 0 bridgehead atoms. The summed E-state index contributed by atoms with van der Waals surface area (Å²) in [6, 6.07) is 5.75. The van der Waals surface area contributed by atoms with Gasteiger partial charge in [-0.3, -0.25) is 0 Å². The van der Waals surface area contributed by atoms with Crippen molar-refractivity contribution >= 4 is 15.9 Å². The van der Waals surface area contributed by atoms with Crippen LogP contribution in [0.25, 0.3) is 0 Å². The van der Waals surface area contributed by atoms with Crippen molar-refractivity contribution in [2.24, 2.45) is 5.41 Å². The summed E-state index contributed by atoms with van der Waals surface area (Å²) in [5, 5.41) is 3.55. The molecule has 0 amide bonds. The van der Waals surface area contributed by atoms with Crippen molar-refractivity contribution in [1.82, 2.24) is 5.32 Å². The van der Waals surface area contributed by atoms with Crippen LogP contribution in [0.5, 0.6) is 0 Å². The molecule has 0 spiro atoms. The molecule has 1 saturated carbocycles. The zero-order valence-electron chi connectivity index (χ0n) is 11.1. The number of hydrogen-bond acceptors (Lipinski definition) is 1. The first kappa shape index (κ1) is 14.0. The highest BCUT2D eigenvalue weighted by Gasteiger charge is 2.23. The first-order chi connectivity index (χ1) is 8.46. The second-order valence-corrected chi connectivity index (χ2v) is 6.91. The van der Waals surface area contributed by atoms with Gasteiger partial charge in [-0.1, -0.05) is 35.8 Å². The highest BCUT2D eigenvalue weighted by atomic mass is 79.9. The molecule has 1 aromatic rings. The Morgan fingerprint density at radius 3 is 2.72 bits per heavy atom. The average Bonchev–Trinajstić information content (AvgIpc) is 3.06. The van der Waals surface area contributed by atoms with Gasteiger partial charge in [-0.2, -0.15) is 0 Å². The van der Waals surface area contributed by atoms with Crippen molar-refractivity contribution in [2.75, 3.05) is 6.54 Å². The standard InChI is InChI=1S/C15H21BrFN/c1-15(2,7-8-18-13-5-6-13)10-11-3-4-12(17)9-14(11)16/h3-4,9,13,18H,5-8,10H2,1-2H3. The lowest BCUT2D eigenvalue weighted by Gasteiger charge is -2.25. The van der Waals surface area contributed by atoms with Crippen LogP contribution < -0.4 is 5.32 Å². The lowest BCUT2D eigenvalue weighted by atomic mass is 9.82. The molecule has 1 fully saturated rings. The Hall–Kier alpha value is -0.410. The quantitative estimate of drug-likeness (QED) is 0.825. The largest absolute Gasteiger partial charge is 0.314 e. The number of rotatable bonds is 6. The van der Waals surface area contributed by atoms with E-state index in [0.717, 1.165) is 29.9 Å². The summed E-state index contributed by atoms with van der Waals surface area (Å²) in [5.41, 5.74) is 1.43. The molecule has 18 heavy (non-hydrogen) atoms. The maximum atomic E-state index is 13.0. The number of nitrogens with one attached hydrogen (secondary N) is 1. The molecule has 0 aromatic heterocycles. The third-order valence-electron chi connectivity index (χ3n) is 3.50. The molecule has 1 aliphatic carbocycles. The molecular formula is C15H21BrFN. The fraction of sp³-hybridized carbons (Fsp3) is 0.600. The van der Waals surface area contributed by atoms with Gasteiger partial charge in [0, 0.05) is 10.5 Å². The second kappa shape index (κ2) is 5.70. The normalized spacial score (nSPS) is 16.0. The Balaban J connectivity index is 1.88. The van der Waals surface area contributed by atoms with Crippen molar-refractivity contribution in [1.29, 1.82) is 0 Å². The summed E-state index contributed by atoms with van der Waals surface area (Å²) < 4.78 is 13.9. The molecule has 1 aliphatic rings. The Morgan fingerprint density at radius 1 is 1.39 bits per heavy atom. The summed E-state index contributed by atoms with van der Waals surface area (Å²) in [6.45, 7) is 5.63. The van der Waals surface area contributed by atoms with E-state index in [2.05, 4.69) is 35.1 Å². The van der Waals surface area contributed by atoms with Gasteiger partial charge < -0.3 is 5.32 Å². The molecule has 0 saturated heterocycles. The highest BCUT2D eigenvalue weighted by Crippen LogP contribution is 2.30. The fourth-order valence-electron chi connectivity index (χ4n) is 2.17. The third kappa shape index (κ3) is 4.36. The van der Waals surface area contributed by atoms with Gasteiger partial charge in [0.2, 0.25) is 0 Å². The number of hydrogen-bond donors (Lipinski definition) is 1. The van der Waals surface area contributed by atoms with E-state index < -0.39 is 0 Å². The smallest absolute Gasteiger partial charge is 0.124 e. The zero-order valence-corrected chi connectivity index (χ0v) is 12.7. The van der Waals surface area contributed by atoms with E-state index in [1.165, 1.54) is 18.4 Å². The van der Waals surface area contributed by atoms with Crippen molar-refractivity contribution in [3.8, 4) is 0 Å². The Bertz CT molecular complexity index is 413. The van der Waals surface area contributed by atoms with Crippen LogP contribution in [0.4, 0.5) is 4.39 Å². The van der Waals surface area contributed by atoms with Crippen LogP contribution in [-0.2, 0) is 6.42 Å². The molecule has 3 heteroatoms. The van der Waals surface area contributed by atoms with Crippen LogP contribution in [0.15, 0.2) is 22.7 Å². The van der Waals surface area contributed by atoms with Gasteiger partial charge in [0.25, 0.3) is 0 Å². The molecule has 2 rings (SSSR count). The van der Waals surface area contributed by atoms with Crippen molar-refractivity contribution in [3.05, 3.63) is 34.1 Å². The maximum Gasteiger partial charge on any atom is 0.124 e. The van der Waals surface area contributed by atoms with E-state index in [9.17, 15) is 4.39 Å². The Kier molecular flexibility index (Phi) is 4.44. The second-order valence-electron chi connectivity index (χ2n) is 6.06. The first-order valence-corrected chi connectivity index (χ1v) is 7.43. The van der Waals surface area contributed by atoms with Crippen molar-refractivity contribution < 1.29 is 4.39 Å². The molecule has 1 aromatic carbocycles. The molecule has 0 atom stereocenters. The molecule has 1 nitrogen and oxygen atoms in total. The topological polar surface area (TPSA) is 12.0 Å². The highest BCUT2D eigenvalue weighted by molar-refractivity contribution is 9.10. The van der Waals surface area contributed by atoms with Gasteiger partial charge in [-0.15, -0.1) is 0 Å². The summed E-state index contributed by atoms with van der Waals surface area (Å²) in [7, 11) is 0. The molecule has 0 radical (unpaired) electrons. The van der Waals surface area contributed by atoms with E-state index in [0.29, 0.717) is 0 Å². The van der Waals surface area contributed by atoms with Crippen LogP contribution in [0, 0.1) is 11.2 Å². The minimum absolute atomic E-state index is 0.182. The van der Waals surface area contributed by atoms with Crippen molar-refractivity contribution in [3.63, 3.8) is 0 Å². The third-order valence-corrected chi connectivity index (χ3v) is 4.23. The Labute approximate surface area is 117 Å². The summed E-state index contributed by atoms with van der Waals surface area (Å²) >= 11 is 3.45. The van der Waals surface area contributed by atoms with E-state index in [4.69, 9.17) is 0 Å². The van der Waals surface area contributed by atoms with Gasteiger partial charge in [0.1, 0.15) is 5.82 Å². The molecule has 0 unspecified atom stereocenters. The van der Waals surface area contributed by atoms with E-state index in [-0.39, 0.29) is 11.2 Å². The predicted molar refractivity (Wildman–Crippen MR) is 77.2 cm³/mol. The predicted octanol–water partition coefficient (Wildman–Crippen LogP) is 4.30. The SMILES string of the molecule is CC(C)(CCNC1CC1)Cc1ccc(F)cc1Br.